The summed E-state index contributed by atoms with van der Waals surface area (Å²) in [6.07, 6.45) is -2.18. The van der Waals surface area contributed by atoms with Gasteiger partial charge in [-0.1, -0.05) is 0 Å². The van der Waals surface area contributed by atoms with Crippen LogP contribution < -0.4 is 15.8 Å². The molecule has 2 bridgehead atoms. The molecule has 0 aliphatic carbocycles. The van der Waals surface area contributed by atoms with Crippen molar-refractivity contribution in [2.45, 2.75) is 26.1 Å². The molecule has 0 spiro atoms. The van der Waals surface area contributed by atoms with Gasteiger partial charge in [0.05, 0.1) is 5.69 Å². The van der Waals surface area contributed by atoms with Crippen molar-refractivity contribution in [3.8, 4) is 11.4 Å². The molecular formula is C22H20F4N6O. The van der Waals surface area contributed by atoms with E-state index in [0.717, 1.165) is 23.0 Å². The summed E-state index contributed by atoms with van der Waals surface area (Å²) in [6.45, 7) is 2.16. The number of aromatic nitrogens is 3. The normalized spacial score (nSPS) is 16.0. The van der Waals surface area contributed by atoms with E-state index in [1.54, 1.807) is 6.07 Å². The van der Waals surface area contributed by atoms with Crippen molar-refractivity contribution in [2.75, 3.05) is 12.3 Å². The molecule has 1 aliphatic rings. The van der Waals surface area contributed by atoms with Gasteiger partial charge in [-0.15, -0.1) is 0 Å². The lowest BCUT2D eigenvalue weighted by molar-refractivity contribution is -0.141. The number of fused-ring (bicyclic) bond motifs is 5. The number of pyridine rings is 1. The summed E-state index contributed by atoms with van der Waals surface area (Å²) in [6, 6.07) is 6.21. The van der Waals surface area contributed by atoms with E-state index < -0.39 is 17.7 Å². The van der Waals surface area contributed by atoms with Gasteiger partial charge in [0, 0.05) is 47.9 Å². The summed E-state index contributed by atoms with van der Waals surface area (Å²) in [5, 5.41) is 14.9. The van der Waals surface area contributed by atoms with E-state index in [9.17, 15) is 17.6 Å². The van der Waals surface area contributed by atoms with E-state index >= 15 is 0 Å². The van der Waals surface area contributed by atoms with Crippen LogP contribution in [-0.2, 0) is 19.2 Å². The Bertz CT molecular complexity index is 1250. The quantitative estimate of drug-likeness (QED) is 0.403. The largest absolute Gasteiger partial charge is 0.485 e. The molecule has 33 heavy (non-hydrogen) atoms. The van der Waals surface area contributed by atoms with Gasteiger partial charge in [-0.05, 0) is 42.8 Å². The first kappa shape index (κ1) is 22.3. The predicted molar refractivity (Wildman–Crippen MR) is 115 cm³/mol. The first-order valence-electron chi connectivity index (χ1n) is 10.0. The van der Waals surface area contributed by atoms with Gasteiger partial charge >= 0.3 is 6.18 Å². The highest BCUT2D eigenvalue weighted by atomic mass is 19.4. The van der Waals surface area contributed by atoms with Crippen molar-refractivity contribution in [1.82, 2.24) is 20.1 Å². The minimum Gasteiger partial charge on any atom is -0.485 e. The van der Waals surface area contributed by atoms with Gasteiger partial charge in [0.2, 0.25) is 0 Å². The van der Waals surface area contributed by atoms with E-state index in [4.69, 9.17) is 15.9 Å². The van der Waals surface area contributed by atoms with Gasteiger partial charge in [-0.25, -0.2) is 14.1 Å². The zero-order valence-corrected chi connectivity index (χ0v) is 17.5. The summed E-state index contributed by atoms with van der Waals surface area (Å²) < 4.78 is 61.5. The zero-order valence-electron chi connectivity index (χ0n) is 17.5. The Morgan fingerprint density at radius 1 is 1.27 bits per heavy atom. The topological polar surface area (TPSA) is 102 Å². The van der Waals surface area contributed by atoms with Crippen LogP contribution in [0.3, 0.4) is 0 Å². The number of benzene rings is 1. The summed E-state index contributed by atoms with van der Waals surface area (Å²) in [5.74, 6) is -0.261. The fourth-order valence-corrected chi connectivity index (χ4v) is 3.62. The number of allylic oxidation sites excluding steroid dienone is 1. The Hall–Kier alpha value is -3.89. The van der Waals surface area contributed by atoms with Crippen LogP contribution in [0, 0.1) is 11.2 Å². The Morgan fingerprint density at radius 3 is 2.76 bits per heavy atom. The number of nitrogens with one attached hydrogen (secondary N) is 2. The Kier molecular flexibility index (Phi) is 5.79. The molecule has 7 nitrogen and oxygen atoms in total. The minimum absolute atomic E-state index is 0.0493. The molecule has 1 aliphatic heterocycles. The molecule has 1 aromatic carbocycles. The maximum atomic E-state index is 14.0. The third-order valence-corrected chi connectivity index (χ3v) is 5.12. The average Bonchev–Trinajstić information content (AvgIpc) is 3.19. The zero-order chi connectivity index (χ0) is 23.8. The Morgan fingerprint density at radius 2 is 2.06 bits per heavy atom. The summed E-state index contributed by atoms with van der Waals surface area (Å²) in [4.78, 5) is 4.15. The first-order chi connectivity index (χ1) is 15.7. The maximum Gasteiger partial charge on any atom is 0.435 e. The van der Waals surface area contributed by atoms with E-state index in [1.165, 1.54) is 18.3 Å². The van der Waals surface area contributed by atoms with Crippen LogP contribution in [0.15, 0.2) is 42.1 Å². The minimum atomic E-state index is -4.69. The van der Waals surface area contributed by atoms with Gasteiger partial charge in [0.1, 0.15) is 12.4 Å². The van der Waals surface area contributed by atoms with Crippen molar-refractivity contribution < 1.29 is 22.3 Å². The number of hydrogen-bond donors (Lipinski definition) is 3. The second-order valence-electron chi connectivity index (χ2n) is 7.35. The number of nitrogen functional groups attached to an aromatic ring is 1. The standard InChI is InChI=1S/C22H20F4N6O/c1-2-29-20-12(9-27)6-16-8-19(22(24,25)26)31-32(16)17-4-3-15(23)5-14(17)11-33-18-7-13(20)10-30-21(18)28/h3-5,7-10,27,29H,2,6,11H2,1H3,(H2,28,30)/b20-12-,27-9?. The molecule has 4 rings (SSSR count). The fourth-order valence-electron chi connectivity index (χ4n) is 3.62. The van der Waals surface area contributed by atoms with E-state index in [2.05, 4.69) is 15.4 Å². The molecular weight excluding hydrogens is 440 g/mol. The first-order valence-corrected chi connectivity index (χ1v) is 10.0. The molecule has 0 saturated heterocycles. The van der Waals surface area contributed by atoms with Crippen molar-refractivity contribution in [3.05, 3.63) is 70.4 Å². The van der Waals surface area contributed by atoms with Crippen LogP contribution in [0.25, 0.3) is 11.4 Å². The molecule has 2 aromatic heterocycles. The van der Waals surface area contributed by atoms with Gasteiger partial charge in [0.15, 0.2) is 17.3 Å². The summed E-state index contributed by atoms with van der Waals surface area (Å²) >= 11 is 0. The molecule has 0 unspecified atom stereocenters. The number of ether oxygens (including phenoxy) is 1. The van der Waals surface area contributed by atoms with E-state index in [-0.39, 0.29) is 41.5 Å². The van der Waals surface area contributed by atoms with Gasteiger partial charge in [-0.3, -0.25) is 0 Å². The highest BCUT2D eigenvalue weighted by Crippen LogP contribution is 2.33. The van der Waals surface area contributed by atoms with Crippen LogP contribution >= 0.6 is 0 Å². The Labute approximate surface area is 186 Å². The number of nitrogens with two attached hydrogens (primary N) is 1. The summed E-state index contributed by atoms with van der Waals surface area (Å²) in [5.41, 5.74) is 6.96. The van der Waals surface area contributed by atoms with Crippen LogP contribution in [0.2, 0.25) is 0 Å². The second kappa shape index (κ2) is 8.57. The number of alkyl halides is 3. The fraction of sp³-hybridized carbons (Fsp3) is 0.227. The highest BCUT2D eigenvalue weighted by Gasteiger charge is 2.35. The molecule has 0 radical (unpaired) electrons. The molecule has 0 fully saturated rings. The monoisotopic (exact) mass is 460 g/mol. The highest BCUT2D eigenvalue weighted by molar-refractivity contribution is 5.89. The number of nitrogens with zero attached hydrogens (tertiary/aromatic N) is 3. The van der Waals surface area contributed by atoms with Gasteiger partial charge < -0.3 is 21.2 Å². The number of anilines is 1. The smallest absolute Gasteiger partial charge is 0.435 e. The lowest BCUT2D eigenvalue weighted by atomic mass is 10.0. The van der Waals surface area contributed by atoms with Gasteiger partial charge in [0.25, 0.3) is 0 Å². The molecule has 172 valence electrons. The lowest BCUT2D eigenvalue weighted by Crippen LogP contribution is -2.17. The van der Waals surface area contributed by atoms with Crippen molar-refractivity contribution >= 4 is 17.7 Å². The van der Waals surface area contributed by atoms with Crippen molar-refractivity contribution in [2.24, 2.45) is 0 Å². The number of hydrogen-bond acceptors (Lipinski definition) is 6. The molecule has 3 aromatic rings. The Balaban J connectivity index is 2.01. The predicted octanol–water partition coefficient (Wildman–Crippen LogP) is 4.11. The molecule has 0 amide bonds. The second-order valence-corrected chi connectivity index (χ2v) is 7.35. The van der Waals surface area contributed by atoms with E-state index in [1.807, 2.05) is 6.92 Å². The lowest BCUT2D eigenvalue weighted by Gasteiger charge is -2.19. The van der Waals surface area contributed by atoms with E-state index in [0.29, 0.717) is 23.4 Å². The number of halogens is 4. The third-order valence-electron chi connectivity index (χ3n) is 5.12. The summed E-state index contributed by atoms with van der Waals surface area (Å²) in [7, 11) is 0. The molecule has 0 atom stereocenters. The average molecular weight is 460 g/mol. The van der Waals surface area contributed by atoms with Crippen LogP contribution in [0.5, 0.6) is 5.75 Å². The molecule has 11 heteroatoms. The van der Waals surface area contributed by atoms with Crippen molar-refractivity contribution in [1.29, 1.82) is 5.41 Å². The SMILES string of the molecule is CCN/C1=C(\C=N)Cc2cc(C(F)(F)F)nn2-c2ccc(F)cc2COc2cc1cnc2N. The molecule has 0 saturated carbocycles. The number of rotatable bonds is 3. The van der Waals surface area contributed by atoms with Crippen LogP contribution in [0.4, 0.5) is 23.4 Å². The molecule has 3 heterocycles. The van der Waals surface area contributed by atoms with Gasteiger partial charge in [-0.2, -0.15) is 18.3 Å². The maximum absolute atomic E-state index is 14.0. The molecule has 4 N–H and O–H groups in total. The van der Waals surface area contributed by atoms with Crippen LogP contribution in [0.1, 0.15) is 29.4 Å². The van der Waals surface area contributed by atoms with Crippen molar-refractivity contribution in [3.63, 3.8) is 0 Å². The van der Waals surface area contributed by atoms with Crippen LogP contribution in [-0.4, -0.2) is 27.5 Å². The third kappa shape index (κ3) is 4.38.